The lowest BCUT2D eigenvalue weighted by atomic mass is 9.77. The second-order valence-electron chi connectivity index (χ2n) is 7.31. The maximum Gasteiger partial charge on any atom is 0.161 e. The molecule has 0 heterocycles. The van der Waals surface area contributed by atoms with Gasteiger partial charge < -0.3 is 21.3 Å². The zero-order valence-corrected chi connectivity index (χ0v) is 15.3. The molecule has 2 atom stereocenters. The Kier molecular flexibility index (Phi) is 6.53. The molecule has 1 aliphatic carbocycles. The van der Waals surface area contributed by atoms with E-state index in [9.17, 15) is 10.2 Å². The summed E-state index contributed by atoms with van der Waals surface area (Å²) < 4.78 is 0. The zero-order valence-electron chi connectivity index (χ0n) is 15.3. The van der Waals surface area contributed by atoms with Gasteiger partial charge in [-0.15, -0.1) is 0 Å². The first-order valence-electron chi connectivity index (χ1n) is 9.70. The number of benzene rings is 2. The van der Waals surface area contributed by atoms with E-state index in [2.05, 4.69) is 35.6 Å². The average molecular weight is 354 g/mol. The molecule has 0 amide bonds. The molecule has 0 saturated heterocycles. The fraction of sp³-hybridized carbons (Fsp3) is 0.455. The van der Waals surface area contributed by atoms with Crippen molar-refractivity contribution in [3.05, 3.63) is 59.2 Å². The highest BCUT2D eigenvalue weighted by atomic mass is 16.3. The van der Waals surface area contributed by atoms with Crippen LogP contribution in [0.15, 0.2) is 42.5 Å². The second-order valence-corrected chi connectivity index (χ2v) is 7.31. The Hall–Kier alpha value is -2.04. The van der Waals surface area contributed by atoms with E-state index in [1.807, 2.05) is 6.07 Å². The number of aromatic hydroxyl groups is 2. The monoisotopic (exact) mass is 354 g/mol. The number of phenols is 2. The number of hydrogen-bond donors (Lipinski definition) is 4. The Morgan fingerprint density at radius 2 is 1.81 bits per heavy atom. The van der Waals surface area contributed by atoms with E-state index in [0.29, 0.717) is 5.92 Å². The highest BCUT2D eigenvalue weighted by molar-refractivity contribution is 5.51. The van der Waals surface area contributed by atoms with Gasteiger partial charge >= 0.3 is 0 Å². The van der Waals surface area contributed by atoms with Crippen LogP contribution < -0.4 is 11.1 Å². The van der Waals surface area contributed by atoms with Crippen molar-refractivity contribution in [2.75, 3.05) is 13.1 Å². The summed E-state index contributed by atoms with van der Waals surface area (Å²) in [4.78, 5) is 0. The lowest BCUT2D eigenvalue weighted by molar-refractivity contribution is 0.331. The molecule has 4 heteroatoms. The Labute approximate surface area is 156 Å². The SMILES string of the molecule is NC1c2ccc(O)c(O)c2CCC1CCCCNCCc1ccccc1. The van der Waals surface area contributed by atoms with E-state index in [4.69, 9.17) is 5.73 Å². The van der Waals surface area contributed by atoms with Crippen molar-refractivity contribution in [1.29, 1.82) is 0 Å². The van der Waals surface area contributed by atoms with Crippen LogP contribution in [0.4, 0.5) is 0 Å². The molecule has 0 radical (unpaired) electrons. The number of hydrogen-bond acceptors (Lipinski definition) is 4. The van der Waals surface area contributed by atoms with Crippen molar-refractivity contribution in [3.8, 4) is 11.5 Å². The van der Waals surface area contributed by atoms with Crippen LogP contribution in [0.5, 0.6) is 11.5 Å². The Morgan fingerprint density at radius 3 is 2.62 bits per heavy atom. The largest absolute Gasteiger partial charge is 0.504 e. The summed E-state index contributed by atoms with van der Waals surface area (Å²) in [5.74, 6) is 0.422. The van der Waals surface area contributed by atoms with Crippen molar-refractivity contribution in [2.24, 2.45) is 11.7 Å². The minimum atomic E-state index is -0.0454. The predicted molar refractivity (Wildman–Crippen MR) is 105 cm³/mol. The zero-order chi connectivity index (χ0) is 18.4. The summed E-state index contributed by atoms with van der Waals surface area (Å²) in [5.41, 5.74) is 9.63. The molecule has 0 bridgehead atoms. The van der Waals surface area contributed by atoms with Crippen LogP contribution in [0.1, 0.15) is 48.4 Å². The molecule has 2 aromatic carbocycles. The fourth-order valence-corrected chi connectivity index (χ4v) is 3.96. The molecule has 5 N–H and O–H groups in total. The summed E-state index contributed by atoms with van der Waals surface area (Å²) in [7, 11) is 0. The van der Waals surface area contributed by atoms with Crippen LogP contribution in [-0.2, 0) is 12.8 Å². The van der Waals surface area contributed by atoms with Crippen LogP contribution in [0.2, 0.25) is 0 Å². The summed E-state index contributed by atoms with van der Waals surface area (Å²) >= 11 is 0. The fourth-order valence-electron chi connectivity index (χ4n) is 3.96. The Balaban J connectivity index is 1.36. The summed E-state index contributed by atoms with van der Waals surface area (Å²) in [6, 6.07) is 13.9. The molecule has 2 aromatic rings. The highest BCUT2D eigenvalue weighted by Crippen LogP contribution is 2.42. The number of nitrogens with one attached hydrogen (secondary N) is 1. The molecule has 26 heavy (non-hydrogen) atoms. The van der Waals surface area contributed by atoms with Gasteiger partial charge in [0.15, 0.2) is 11.5 Å². The Bertz CT molecular complexity index is 703. The smallest absolute Gasteiger partial charge is 0.161 e. The maximum atomic E-state index is 10.0. The van der Waals surface area contributed by atoms with Gasteiger partial charge in [-0.1, -0.05) is 42.8 Å². The number of phenolic OH excluding ortho intramolecular Hbond substituents is 2. The third-order valence-corrected chi connectivity index (χ3v) is 5.54. The normalized spacial score (nSPS) is 19.3. The molecule has 140 valence electrons. The van der Waals surface area contributed by atoms with Gasteiger partial charge in [-0.25, -0.2) is 0 Å². The summed E-state index contributed by atoms with van der Waals surface area (Å²) in [5, 5.41) is 23.2. The molecule has 1 aliphatic rings. The van der Waals surface area contributed by atoms with Crippen LogP contribution in [-0.4, -0.2) is 23.3 Å². The van der Waals surface area contributed by atoms with E-state index in [1.54, 1.807) is 6.07 Å². The van der Waals surface area contributed by atoms with E-state index in [1.165, 1.54) is 5.56 Å². The van der Waals surface area contributed by atoms with Crippen LogP contribution in [0.25, 0.3) is 0 Å². The van der Waals surface area contributed by atoms with Gasteiger partial charge in [0.1, 0.15) is 0 Å². The van der Waals surface area contributed by atoms with Crippen molar-refractivity contribution in [3.63, 3.8) is 0 Å². The summed E-state index contributed by atoms with van der Waals surface area (Å²) in [6.07, 6.45) is 6.28. The summed E-state index contributed by atoms with van der Waals surface area (Å²) in [6.45, 7) is 2.06. The van der Waals surface area contributed by atoms with E-state index >= 15 is 0 Å². The maximum absolute atomic E-state index is 10.0. The predicted octanol–water partition coefficient (Wildman–Crippen LogP) is 3.66. The molecule has 0 fully saturated rings. The minimum Gasteiger partial charge on any atom is -0.504 e. The first-order chi connectivity index (χ1) is 12.7. The lowest BCUT2D eigenvalue weighted by Crippen LogP contribution is -2.27. The van der Waals surface area contributed by atoms with Gasteiger partial charge in [-0.3, -0.25) is 0 Å². The van der Waals surface area contributed by atoms with Gasteiger partial charge in [-0.05, 0) is 68.3 Å². The highest BCUT2D eigenvalue weighted by Gasteiger charge is 2.28. The van der Waals surface area contributed by atoms with Gasteiger partial charge in [0.2, 0.25) is 0 Å². The van der Waals surface area contributed by atoms with E-state index in [-0.39, 0.29) is 17.5 Å². The minimum absolute atomic E-state index is 0.0130. The number of nitrogens with two attached hydrogens (primary N) is 1. The third-order valence-electron chi connectivity index (χ3n) is 5.54. The molecule has 0 saturated carbocycles. The van der Waals surface area contributed by atoms with Gasteiger partial charge in [-0.2, -0.15) is 0 Å². The van der Waals surface area contributed by atoms with Crippen molar-refractivity contribution < 1.29 is 10.2 Å². The van der Waals surface area contributed by atoms with Crippen LogP contribution in [0, 0.1) is 5.92 Å². The molecular weight excluding hydrogens is 324 g/mol. The van der Waals surface area contributed by atoms with Gasteiger partial charge in [0, 0.05) is 11.6 Å². The topological polar surface area (TPSA) is 78.5 Å². The number of unbranched alkanes of at least 4 members (excludes halogenated alkanes) is 1. The lowest BCUT2D eigenvalue weighted by Gasteiger charge is -2.31. The molecule has 4 nitrogen and oxygen atoms in total. The first-order valence-corrected chi connectivity index (χ1v) is 9.70. The van der Waals surface area contributed by atoms with E-state index < -0.39 is 0 Å². The van der Waals surface area contributed by atoms with Gasteiger partial charge in [0.05, 0.1) is 0 Å². The second kappa shape index (κ2) is 9.06. The molecule has 3 rings (SSSR count). The average Bonchev–Trinajstić information content (AvgIpc) is 2.66. The van der Waals surface area contributed by atoms with Gasteiger partial charge in [0.25, 0.3) is 0 Å². The van der Waals surface area contributed by atoms with Crippen molar-refractivity contribution in [1.82, 2.24) is 5.32 Å². The van der Waals surface area contributed by atoms with E-state index in [0.717, 1.165) is 62.7 Å². The number of rotatable bonds is 8. The molecule has 0 aromatic heterocycles. The molecule has 2 unspecified atom stereocenters. The molecule has 0 aliphatic heterocycles. The quantitative estimate of drug-likeness (QED) is 0.431. The van der Waals surface area contributed by atoms with Crippen LogP contribution in [0.3, 0.4) is 0 Å². The molecular formula is C22H30N2O2. The Morgan fingerprint density at radius 1 is 1.00 bits per heavy atom. The first kappa shape index (κ1) is 18.7. The number of fused-ring (bicyclic) bond motifs is 1. The standard InChI is InChI=1S/C22H30N2O2/c23-21-17(9-10-19-18(21)11-12-20(25)22(19)26)8-4-5-14-24-15-13-16-6-2-1-3-7-16/h1-3,6-7,11-12,17,21,24-26H,4-5,8-10,13-15,23H2. The molecule has 0 spiro atoms. The third kappa shape index (κ3) is 4.57. The van der Waals surface area contributed by atoms with Crippen molar-refractivity contribution >= 4 is 0 Å². The van der Waals surface area contributed by atoms with Crippen LogP contribution >= 0.6 is 0 Å². The van der Waals surface area contributed by atoms with Crippen molar-refractivity contribution in [2.45, 2.75) is 44.6 Å².